The van der Waals surface area contributed by atoms with Crippen molar-refractivity contribution in [3.63, 3.8) is 0 Å². The van der Waals surface area contributed by atoms with Crippen LogP contribution in [0, 0.1) is 0 Å². The molecule has 0 radical (unpaired) electrons. The standard InChI is InChI=1S/C19H19N3O3/c1-23-13-8-12(9-14(10-13)24-2)16-11-17(22-19(20)21-16)15-6-4-5-7-18(15)25-3/h4-11H,1-3H3,(H2,20,21,22). The molecule has 0 amide bonds. The lowest BCUT2D eigenvalue weighted by Crippen LogP contribution is -2.00. The molecule has 0 saturated carbocycles. The minimum atomic E-state index is 0.181. The highest BCUT2D eigenvalue weighted by atomic mass is 16.5. The monoisotopic (exact) mass is 337 g/mol. The first-order chi connectivity index (χ1) is 12.1. The van der Waals surface area contributed by atoms with Gasteiger partial charge in [0.15, 0.2) is 0 Å². The van der Waals surface area contributed by atoms with Crippen LogP contribution in [-0.2, 0) is 0 Å². The van der Waals surface area contributed by atoms with Crippen molar-refractivity contribution in [1.29, 1.82) is 0 Å². The number of hydrogen-bond donors (Lipinski definition) is 1. The number of nitrogens with zero attached hydrogens (tertiary/aromatic N) is 2. The predicted octanol–water partition coefficient (Wildman–Crippen LogP) is 3.42. The third-order valence-corrected chi connectivity index (χ3v) is 3.77. The number of rotatable bonds is 5. The number of nitrogen functional groups attached to an aromatic ring is 1. The number of nitrogens with two attached hydrogens (primary N) is 1. The van der Waals surface area contributed by atoms with E-state index in [1.54, 1.807) is 27.4 Å². The van der Waals surface area contributed by atoms with Crippen LogP contribution in [0.4, 0.5) is 5.95 Å². The first-order valence-electron chi connectivity index (χ1n) is 7.66. The summed E-state index contributed by atoms with van der Waals surface area (Å²) in [5.74, 6) is 2.24. The van der Waals surface area contributed by atoms with E-state index < -0.39 is 0 Å². The van der Waals surface area contributed by atoms with Gasteiger partial charge in [-0.2, -0.15) is 0 Å². The summed E-state index contributed by atoms with van der Waals surface area (Å²) >= 11 is 0. The van der Waals surface area contributed by atoms with Gasteiger partial charge in [-0.05, 0) is 30.3 Å². The van der Waals surface area contributed by atoms with Crippen LogP contribution in [0.2, 0.25) is 0 Å². The zero-order chi connectivity index (χ0) is 17.8. The Kier molecular flexibility index (Phi) is 4.70. The van der Waals surface area contributed by atoms with Gasteiger partial charge in [0.1, 0.15) is 17.2 Å². The zero-order valence-corrected chi connectivity index (χ0v) is 14.3. The smallest absolute Gasteiger partial charge is 0.221 e. The average molecular weight is 337 g/mol. The summed E-state index contributed by atoms with van der Waals surface area (Å²) in [5.41, 5.74) is 8.96. The summed E-state index contributed by atoms with van der Waals surface area (Å²) in [7, 11) is 4.83. The molecule has 2 aromatic carbocycles. The largest absolute Gasteiger partial charge is 0.497 e. The molecule has 3 rings (SSSR count). The van der Waals surface area contributed by atoms with E-state index >= 15 is 0 Å². The van der Waals surface area contributed by atoms with Crippen molar-refractivity contribution < 1.29 is 14.2 Å². The van der Waals surface area contributed by atoms with Gasteiger partial charge in [-0.3, -0.25) is 0 Å². The van der Waals surface area contributed by atoms with Crippen LogP contribution in [0.15, 0.2) is 48.5 Å². The number of hydrogen-bond acceptors (Lipinski definition) is 6. The molecule has 25 heavy (non-hydrogen) atoms. The lowest BCUT2D eigenvalue weighted by molar-refractivity contribution is 0.394. The Morgan fingerprint density at radius 1 is 0.760 bits per heavy atom. The normalized spacial score (nSPS) is 10.4. The van der Waals surface area contributed by atoms with Gasteiger partial charge in [-0.15, -0.1) is 0 Å². The maximum atomic E-state index is 5.94. The molecule has 0 bridgehead atoms. The van der Waals surface area contributed by atoms with E-state index in [0.29, 0.717) is 22.9 Å². The third-order valence-electron chi connectivity index (χ3n) is 3.77. The SMILES string of the molecule is COc1cc(OC)cc(-c2cc(-c3ccccc3OC)nc(N)n2)c1. The van der Waals surface area contributed by atoms with E-state index in [1.807, 2.05) is 42.5 Å². The minimum absolute atomic E-state index is 0.181. The molecule has 6 nitrogen and oxygen atoms in total. The van der Waals surface area contributed by atoms with Crippen LogP contribution in [0.3, 0.4) is 0 Å². The van der Waals surface area contributed by atoms with Crippen molar-refractivity contribution in [1.82, 2.24) is 9.97 Å². The summed E-state index contributed by atoms with van der Waals surface area (Å²) in [4.78, 5) is 8.70. The Morgan fingerprint density at radius 2 is 1.40 bits per heavy atom. The van der Waals surface area contributed by atoms with Gasteiger partial charge < -0.3 is 19.9 Å². The van der Waals surface area contributed by atoms with Crippen LogP contribution >= 0.6 is 0 Å². The fraction of sp³-hybridized carbons (Fsp3) is 0.158. The highest BCUT2D eigenvalue weighted by Gasteiger charge is 2.12. The van der Waals surface area contributed by atoms with Gasteiger partial charge in [0.05, 0.1) is 32.7 Å². The van der Waals surface area contributed by atoms with Crippen LogP contribution in [-0.4, -0.2) is 31.3 Å². The van der Waals surface area contributed by atoms with Gasteiger partial charge in [-0.25, -0.2) is 9.97 Å². The molecule has 0 unspecified atom stereocenters. The summed E-state index contributed by atoms with van der Waals surface area (Å²) in [5, 5.41) is 0. The maximum Gasteiger partial charge on any atom is 0.221 e. The summed E-state index contributed by atoms with van der Waals surface area (Å²) < 4.78 is 16.1. The van der Waals surface area contributed by atoms with Crippen molar-refractivity contribution in [3.8, 4) is 39.8 Å². The second kappa shape index (κ2) is 7.09. The first kappa shape index (κ1) is 16.6. The number of methoxy groups -OCH3 is 3. The van der Waals surface area contributed by atoms with E-state index in [9.17, 15) is 0 Å². The van der Waals surface area contributed by atoms with Gasteiger partial charge in [0.25, 0.3) is 0 Å². The second-order valence-corrected chi connectivity index (χ2v) is 5.30. The molecular weight excluding hydrogens is 318 g/mol. The van der Waals surface area contributed by atoms with Gasteiger partial charge in [0.2, 0.25) is 5.95 Å². The summed E-state index contributed by atoms with van der Waals surface area (Å²) in [6, 6.07) is 15.0. The lowest BCUT2D eigenvalue weighted by Gasteiger charge is -2.11. The Balaban J connectivity index is 2.15. The number of ether oxygens (including phenoxy) is 3. The molecule has 0 aliphatic heterocycles. The van der Waals surface area contributed by atoms with Crippen molar-refractivity contribution in [2.45, 2.75) is 0 Å². The van der Waals surface area contributed by atoms with E-state index in [2.05, 4.69) is 9.97 Å². The quantitative estimate of drug-likeness (QED) is 0.768. The molecule has 0 spiro atoms. The minimum Gasteiger partial charge on any atom is -0.497 e. The predicted molar refractivity (Wildman–Crippen MR) is 97.0 cm³/mol. The van der Waals surface area contributed by atoms with Crippen LogP contribution in [0.1, 0.15) is 0 Å². The molecule has 0 fully saturated rings. The highest BCUT2D eigenvalue weighted by molar-refractivity contribution is 5.74. The topological polar surface area (TPSA) is 79.5 Å². The Bertz CT molecular complexity index is 875. The lowest BCUT2D eigenvalue weighted by atomic mass is 10.1. The molecule has 0 aliphatic rings. The molecule has 3 aromatic rings. The Hall–Kier alpha value is -3.28. The average Bonchev–Trinajstić information content (AvgIpc) is 2.66. The molecule has 2 N–H and O–H groups in total. The number of para-hydroxylation sites is 1. The maximum absolute atomic E-state index is 5.94. The van der Waals surface area contributed by atoms with Gasteiger partial charge in [-0.1, -0.05) is 12.1 Å². The van der Waals surface area contributed by atoms with Gasteiger partial charge >= 0.3 is 0 Å². The van der Waals surface area contributed by atoms with E-state index in [4.69, 9.17) is 19.9 Å². The Morgan fingerprint density at radius 3 is 2.04 bits per heavy atom. The molecule has 1 aromatic heterocycles. The highest BCUT2D eigenvalue weighted by Crippen LogP contribution is 2.33. The first-order valence-corrected chi connectivity index (χ1v) is 7.66. The van der Waals surface area contributed by atoms with E-state index in [1.165, 1.54) is 0 Å². The molecule has 0 saturated heterocycles. The van der Waals surface area contributed by atoms with E-state index in [-0.39, 0.29) is 5.95 Å². The number of aromatic nitrogens is 2. The molecule has 6 heteroatoms. The Labute approximate surface area is 146 Å². The van der Waals surface area contributed by atoms with Crippen LogP contribution in [0.25, 0.3) is 22.5 Å². The summed E-state index contributed by atoms with van der Waals surface area (Å²) in [6.45, 7) is 0. The number of benzene rings is 2. The molecule has 128 valence electrons. The van der Waals surface area contributed by atoms with Crippen molar-refractivity contribution in [2.24, 2.45) is 0 Å². The molecule has 0 atom stereocenters. The van der Waals surface area contributed by atoms with Crippen LogP contribution in [0.5, 0.6) is 17.2 Å². The molecule has 0 aliphatic carbocycles. The zero-order valence-electron chi connectivity index (χ0n) is 14.3. The molecular formula is C19H19N3O3. The third kappa shape index (κ3) is 3.47. The fourth-order valence-corrected chi connectivity index (χ4v) is 2.56. The second-order valence-electron chi connectivity index (χ2n) is 5.30. The summed E-state index contributed by atoms with van der Waals surface area (Å²) in [6.07, 6.45) is 0. The van der Waals surface area contributed by atoms with Crippen molar-refractivity contribution in [2.75, 3.05) is 27.1 Å². The van der Waals surface area contributed by atoms with E-state index in [0.717, 1.165) is 16.9 Å². The fourth-order valence-electron chi connectivity index (χ4n) is 2.56. The molecule has 1 heterocycles. The number of anilines is 1. The van der Waals surface area contributed by atoms with Crippen molar-refractivity contribution >= 4 is 5.95 Å². The van der Waals surface area contributed by atoms with Crippen LogP contribution < -0.4 is 19.9 Å². The van der Waals surface area contributed by atoms with Crippen molar-refractivity contribution in [3.05, 3.63) is 48.5 Å². The van der Waals surface area contributed by atoms with Gasteiger partial charge in [0, 0.05) is 17.2 Å².